The van der Waals surface area contributed by atoms with E-state index in [1.54, 1.807) is 13.8 Å². The van der Waals surface area contributed by atoms with E-state index in [4.69, 9.17) is 11.5 Å². The molecule has 6 nitrogen and oxygen atoms in total. The lowest BCUT2D eigenvalue weighted by Gasteiger charge is -2.29. The standard InChI is InChI=1S/C14H26N6/c1-11(2,17)7-13(5,9-15)19-20-14(6,10-16)8-12(3,4)18/h7-8,17-18H2,1-6H3. The molecule has 0 aromatic carbocycles. The number of nitriles is 2. The normalized spacial score (nSPS) is 18.9. The van der Waals surface area contributed by atoms with E-state index in [1.165, 1.54) is 0 Å². The minimum atomic E-state index is -1.05. The van der Waals surface area contributed by atoms with Crippen LogP contribution in [0.25, 0.3) is 0 Å². The van der Waals surface area contributed by atoms with Crippen LogP contribution in [0.5, 0.6) is 0 Å². The molecule has 0 fully saturated rings. The van der Waals surface area contributed by atoms with Crippen LogP contribution in [0.2, 0.25) is 0 Å². The molecule has 0 aromatic rings. The van der Waals surface area contributed by atoms with E-state index in [2.05, 4.69) is 22.4 Å². The molecule has 0 bridgehead atoms. The molecule has 0 aliphatic carbocycles. The predicted molar refractivity (Wildman–Crippen MR) is 78.7 cm³/mol. The summed E-state index contributed by atoms with van der Waals surface area (Å²) >= 11 is 0. The minimum absolute atomic E-state index is 0.355. The van der Waals surface area contributed by atoms with Gasteiger partial charge in [-0.3, -0.25) is 0 Å². The zero-order chi connectivity index (χ0) is 16.2. The minimum Gasteiger partial charge on any atom is -0.325 e. The van der Waals surface area contributed by atoms with Gasteiger partial charge < -0.3 is 11.5 Å². The Kier molecular flexibility index (Phi) is 5.43. The molecule has 0 aromatic heterocycles. The van der Waals surface area contributed by atoms with Gasteiger partial charge >= 0.3 is 0 Å². The summed E-state index contributed by atoms with van der Waals surface area (Å²) in [6.45, 7) is 10.6. The van der Waals surface area contributed by atoms with E-state index in [0.29, 0.717) is 12.8 Å². The van der Waals surface area contributed by atoms with Crippen LogP contribution in [0.3, 0.4) is 0 Å². The van der Waals surface area contributed by atoms with Crippen LogP contribution < -0.4 is 11.5 Å². The number of azo groups is 1. The summed E-state index contributed by atoms with van der Waals surface area (Å²) in [6.07, 6.45) is 0.709. The number of hydrogen-bond acceptors (Lipinski definition) is 6. The van der Waals surface area contributed by atoms with Crippen LogP contribution in [0.1, 0.15) is 54.4 Å². The largest absolute Gasteiger partial charge is 0.325 e. The first kappa shape index (κ1) is 18.5. The zero-order valence-corrected chi connectivity index (χ0v) is 13.4. The Bertz CT molecular complexity index is 400. The van der Waals surface area contributed by atoms with Crippen molar-refractivity contribution >= 4 is 0 Å². The van der Waals surface area contributed by atoms with Crippen molar-refractivity contribution in [1.29, 1.82) is 10.5 Å². The molecule has 0 saturated heterocycles. The Balaban J connectivity index is 5.24. The van der Waals surface area contributed by atoms with Gasteiger partial charge in [-0.05, 0) is 41.5 Å². The molecule has 0 aliphatic heterocycles. The maximum Gasteiger partial charge on any atom is 0.166 e. The quantitative estimate of drug-likeness (QED) is 0.723. The van der Waals surface area contributed by atoms with E-state index in [-0.39, 0.29) is 0 Å². The fraction of sp³-hybridized carbons (Fsp3) is 0.857. The fourth-order valence-corrected chi connectivity index (χ4v) is 2.19. The smallest absolute Gasteiger partial charge is 0.166 e. The molecule has 2 atom stereocenters. The lowest BCUT2D eigenvalue weighted by molar-refractivity contribution is 0.341. The summed E-state index contributed by atoms with van der Waals surface area (Å²) < 4.78 is 0. The van der Waals surface area contributed by atoms with Gasteiger partial charge in [0.25, 0.3) is 0 Å². The molecule has 0 heterocycles. The summed E-state index contributed by atoms with van der Waals surface area (Å²) in [6, 6.07) is 4.23. The van der Waals surface area contributed by atoms with E-state index in [9.17, 15) is 10.5 Å². The van der Waals surface area contributed by atoms with Crippen molar-refractivity contribution in [2.24, 2.45) is 21.7 Å². The highest BCUT2D eigenvalue weighted by atomic mass is 15.2. The third-order valence-electron chi connectivity index (χ3n) is 2.57. The maximum atomic E-state index is 9.28. The molecule has 0 rings (SSSR count). The summed E-state index contributed by atoms with van der Waals surface area (Å²) in [7, 11) is 0. The Hall–Kier alpha value is -1.50. The van der Waals surface area contributed by atoms with Crippen LogP contribution in [-0.2, 0) is 0 Å². The predicted octanol–water partition coefficient (Wildman–Crippen LogP) is 2.26. The summed E-state index contributed by atoms with van der Waals surface area (Å²) in [4.78, 5) is 0. The van der Waals surface area contributed by atoms with Gasteiger partial charge in [0.15, 0.2) is 11.1 Å². The van der Waals surface area contributed by atoms with E-state index >= 15 is 0 Å². The summed E-state index contributed by atoms with van der Waals surface area (Å²) in [5, 5.41) is 26.8. The summed E-state index contributed by atoms with van der Waals surface area (Å²) in [5.41, 5.74) is 8.69. The Morgan fingerprint density at radius 2 is 1.00 bits per heavy atom. The molecule has 0 radical (unpaired) electrons. The molecule has 112 valence electrons. The average Bonchev–Trinajstić information content (AvgIpc) is 2.22. The highest BCUT2D eigenvalue weighted by Gasteiger charge is 2.34. The average molecular weight is 278 g/mol. The molecule has 4 N–H and O–H groups in total. The Morgan fingerprint density at radius 3 is 1.15 bits per heavy atom. The molecule has 2 unspecified atom stereocenters. The van der Waals surface area contributed by atoms with Crippen molar-refractivity contribution in [3.63, 3.8) is 0 Å². The first-order valence-electron chi connectivity index (χ1n) is 6.59. The van der Waals surface area contributed by atoms with Gasteiger partial charge in [0, 0.05) is 23.9 Å². The highest BCUT2D eigenvalue weighted by molar-refractivity contribution is 5.10. The first-order valence-corrected chi connectivity index (χ1v) is 6.59. The maximum absolute atomic E-state index is 9.28. The van der Waals surface area contributed by atoms with Crippen molar-refractivity contribution in [2.75, 3.05) is 0 Å². The lowest BCUT2D eigenvalue weighted by atomic mass is 9.87. The highest BCUT2D eigenvalue weighted by Crippen LogP contribution is 2.27. The second-order valence-corrected chi connectivity index (χ2v) is 7.30. The van der Waals surface area contributed by atoms with E-state index in [0.717, 1.165) is 0 Å². The van der Waals surface area contributed by atoms with Crippen LogP contribution >= 0.6 is 0 Å². The topological polar surface area (TPSA) is 124 Å². The van der Waals surface area contributed by atoms with Gasteiger partial charge in [-0.2, -0.15) is 20.8 Å². The molecular formula is C14H26N6. The van der Waals surface area contributed by atoms with Crippen molar-refractivity contribution in [3.05, 3.63) is 0 Å². The van der Waals surface area contributed by atoms with Crippen molar-refractivity contribution in [2.45, 2.75) is 76.5 Å². The number of hydrogen-bond donors (Lipinski definition) is 2. The van der Waals surface area contributed by atoms with Crippen LogP contribution in [0, 0.1) is 22.7 Å². The SMILES string of the molecule is CC(C)(N)CC(C)(C#N)N=NC(C)(C#N)CC(C)(C)N. The van der Waals surface area contributed by atoms with Gasteiger partial charge in [-0.15, -0.1) is 0 Å². The van der Waals surface area contributed by atoms with Gasteiger partial charge in [0.1, 0.15) is 0 Å². The number of nitrogens with two attached hydrogens (primary N) is 2. The molecule has 6 heteroatoms. The third kappa shape index (κ3) is 7.18. The number of nitrogens with zero attached hydrogens (tertiary/aromatic N) is 4. The van der Waals surface area contributed by atoms with Crippen LogP contribution in [0.4, 0.5) is 0 Å². The Morgan fingerprint density at radius 1 is 0.750 bits per heavy atom. The molecule has 0 saturated carbocycles. The summed E-state index contributed by atoms with van der Waals surface area (Å²) in [5.74, 6) is 0. The van der Waals surface area contributed by atoms with Gasteiger partial charge in [-0.1, -0.05) is 0 Å². The third-order valence-corrected chi connectivity index (χ3v) is 2.57. The van der Waals surface area contributed by atoms with Gasteiger partial charge in [0.05, 0.1) is 12.1 Å². The van der Waals surface area contributed by atoms with Gasteiger partial charge in [-0.25, -0.2) is 0 Å². The van der Waals surface area contributed by atoms with Crippen molar-refractivity contribution in [3.8, 4) is 12.1 Å². The lowest BCUT2D eigenvalue weighted by Crippen LogP contribution is -2.42. The van der Waals surface area contributed by atoms with E-state index < -0.39 is 22.2 Å². The molecule has 0 amide bonds. The van der Waals surface area contributed by atoms with Crippen LogP contribution in [-0.4, -0.2) is 22.2 Å². The second-order valence-electron chi connectivity index (χ2n) is 7.30. The monoisotopic (exact) mass is 278 g/mol. The number of rotatable bonds is 6. The Labute approximate surface area is 121 Å². The first-order chi connectivity index (χ1) is 8.74. The molecule has 0 spiro atoms. The molecule has 20 heavy (non-hydrogen) atoms. The second kappa shape index (κ2) is 5.87. The van der Waals surface area contributed by atoms with Gasteiger partial charge in [0.2, 0.25) is 0 Å². The molecule has 0 aliphatic rings. The van der Waals surface area contributed by atoms with Crippen LogP contribution in [0.15, 0.2) is 10.2 Å². The van der Waals surface area contributed by atoms with Crippen molar-refractivity contribution in [1.82, 2.24) is 0 Å². The fourth-order valence-electron chi connectivity index (χ4n) is 2.19. The van der Waals surface area contributed by atoms with E-state index in [1.807, 2.05) is 27.7 Å². The molecular weight excluding hydrogens is 252 g/mol. The van der Waals surface area contributed by atoms with Crippen molar-refractivity contribution < 1.29 is 0 Å². The zero-order valence-electron chi connectivity index (χ0n) is 13.4.